The summed E-state index contributed by atoms with van der Waals surface area (Å²) in [4.78, 5) is 10.9. The molecule has 3 aliphatic carbocycles. The van der Waals surface area contributed by atoms with E-state index in [1.807, 2.05) is 0 Å². The van der Waals surface area contributed by atoms with E-state index in [4.69, 9.17) is 0 Å². The number of carbonyl (C=O) groups excluding carboxylic acids is 1. The van der Waals surface area contributed by atoms with Gasteiger partial charge < -0.3 is 5.32 Å². The molecule has 1 amide bonds. The summed E-state index contributed by atoms with van der Waals surface area (Å²) in [6, 6.07) is 0. The average molecular weight is 209 g/mol. The summed E-state index contributed by atoms with van der Waals surface area (Å²) in [5, 5.41) is 2.98. The number of rotatable bonds is 2. The van der Waals surface area contributed by atoms with E-state index in [0.717, 1.165) is 24.3 Å². The van der Waals surface area contributed by atoms with E-state index in [0.29, 0.717) is 11.3 Å². The van der Waals surface area contributed by atoms with Gasteiger partial charge in [-0.2, -0.15) is 0 Å². The van der Waals surface area contributed by atoms with Gasteiger partial charge in [0.2, 0.25) is 5.91 Å². The molecule has 2 bridgehead atoms. The third-order valence-electron chi connectivity index (χ3n) is 5.13. The van der Waals surface area contributed by atoms with Crippen molar-refractivity contribution in [3.8, 4) is 0 Å². The lowest BCUT2D eigenvalue weighted by atomic mass is 9.43. The fourth-order valence-corrected chi connectivity index (χ4v) is 3.80. The van der Waals surface area contributed by atoms with Crippen molar-refractivity contribution in [1.82, 2.24) is 5.32 Å². The van der Waals surface area contributed by atoms with E-state index in [1.165, 1.54) is 12.8 Å². The number of hydrogen-bond acceptors (Lipinski definition) is 1. The Morgan fingerprint density at radius 3 is 2.53 bits per heavy atom. The molecular formula is C13H23NO. The van der Waals surface area contributed by atoms with Crippen LogP contribution in [0.4, 0.5) is 0 Å². The minimum absolute atomic E-state index is 0.112. The molecule has 0 heterocycles. The summed E-state index contributed by atoms with van der Waals surface area (Å²) in [6.07, 6.45) is 2.73. The average Bonchev–Trinajstić information content (AvgIpc) is 2.15. The number of nitrogens with one attached hydrogen (secondary N) is 1. The van der Waals surface area contributed by atoms with Crippen LogP contribution in [-0.2, 0) is 4.79 Å². The van der Waals surface area contributed by atoms with E-state index in [-0.39, 0.29) is 5.91 Å². The highest BCUT2D eigenvalue weighted by molar-refractivity contribution is 5.72. The van der Waals surface area contributed by atoms with E-state index in [1.54, 1.807) is 6.92 Å². The maximum absolute atomic E-state index is 10.9. The maximum Gasteiger partial charge on any atom is 0.216 e. The Morgan fingerprint density at radius 2 is 2.07 bits per heavy atom. The van der Waals surface area contributed by atoms with Crippen LogP contribution >= 0.6 is 0 Å². The van der Waals surface area contributed by atoms with Gasteiger partial charge >= 0.3 is 0 Å². The van der Waals surface area contributed by atoms with Gasteiger partial charge in [0.25, 0.3) is 0 Å². The van der Waals surface area contributed by atoms with Gasteiger partial charge in [-0.15, -0.1) is 0 Å². The van der Waals surface area contributed by atoms with Crippen molar-refractivity contribution < 1.29 is 4.79 Å². The molecule has 0 aromatic heterocycles. The zero-order valence-electron chi connectivity index (χ0n) is 10.3. The van der Waals surface area contributed by atoms with Gasteiger partial charge in [0.05, 0.1) is 0 Å². The summed E-state index contributed by atoms with van der Waals surface area (Å²) in [6.45, 7) is 9.69. The highest BCUT2D eigenvalue weighted by Crippen LogP contribution is 2.62. The Labute approximate surface area is 92.8 Å². The van der Waals surface area contributed by atoms with Crippen molar-refractivity contribution in [2.75, 3.05) is 6.54 Å². The molecule has 0 aromatic rings. The second-order valence-corrected chi connectivity index (χ2v) is 6.15. The topological polar surface area (TPSA) is 29.1 Å². The lowest BCUT2D eigenvalue weighted by Gasteiger charge is -2.62. The van der Waals surface area contributed by atoms with Gasteiger partial charge in [-0.1, -0.05) is 20.8 Å². The van der Waals surface area contributed by atoms with Gasteiger partial charge in [-0.05, 0) is 41.9 Å². The van der Waals surface area contributed by atoms with Crippen LogP contribution in [0.1, 0.15) is 40.5 Å². The van der Waals surface area contributed by atoms with Crippen LogP contribution in [0.5, 0.6) is 0 Å². The normalized spacial score (nSPS) is 41.9. The van der Waals surface area contributed by atoms with Crippen molar-refractivity contribution >= 4 is 5.91 Å². The summed E-state index contributed by atoms with van der Waals surface area (Å²) < 4.78 is 0. The fraction of sp³-hybridized carbons (Fsp3) is 0.923. The second-order valence-electron chi connectivity index (χ2n) is 6.15. The molecule has 0 aromatic carbocycles. The molecule has 0 saturated heterocycles. The van der Waals surface area contributed by atoms with Crippen LogP contribution in [-0.4, -0.2) is 12.5 Å². The van der Waals surface area contributed by atoms with E-state index >= 15 is 0 Å². The predicted molar refractivity (Wildman–Crippen MR) is 61.3 cm³/mol. The monoisotopic (exact) mass is 209 g/mol. The van der Waals surface area contributed by atoms with Crippen LogP contribution in [0.3, 0.4) is 0 Å². The third kappa shape index (κ3) is 1.68. The zero-order valence-corrected chi connectivity index (χ0v) is 10.3. The Morgan fingerprint density at radius 1 is 1.40 bits per heavy atom. The highest BCUT2D eigenvalue weighted by atomic mass is 16.1. The second kappa shape index (κ2) is 3.50. The van der Waals surface area contributed by atoms with Crippen LogP contribution in [0, 0.1) is 29.1 Å². The lowest BCUT2D eigenvalue weighted by molar-refractivity contribution is -0.131. The first-order chi connectivity index (χ1) is 6.93. The molecule has 2 heteroatoms. The molecule has 86 valence electrons. The standard InChI is InChI=1S/C13H23NO/c1-8-10(7-14-9(2)15)5-11-6-12(8)13(11,3)4/h8,10-12H,5-7H2,1-4H3,(H,14,15)/t8-,10-,11+,12+/m1/s1. The Balaban J connectivity index is 1.93. The molecule has 1 N–H and O–H groups in total. The molecule has 2 nitrogen and oxygen atoms in total. The smallest absolute Gasteiger partial charge is 0.216 e. The molecule has 0 radical (unpaired) electrons. The zero-order chi connectivity index (χ0) is 11.2. The molecule has 3 saturated carbocycles. The fourth-order valence-electron chi connectivity index (χ4n) is 3.80. The summed E-state index contributed by atoms with van der Waals surface area (Å²) in [5.41, 5.74) is 0.562. The van der Waals surface area contributed by atoms with Crippen molar-refractivity contribution in [2.45, 2.75) is 40.5 Å². The Bertz CT molecular complexity index is 272. The van der Waals surface area contributed by atoms with Crippen molar-refractivity contribution in [3.63, 3.8) is 0 Å². The third-order valence-corrected chi connectivity index (χ3v) is 5.13. The summed E-state index contributed by atoms with van der Waals surface area (Å²) in [7, 11) is 0. The minimum Gasteiger partial charge on any atom is -0.356 e. The number of fused-ring (bicyclic) bond motifs is 2. The van der Waals surface area contributed by atoms with Gasteiger partial charge in [-0.3, -0.25) is 4.79 Å². The van der Waals surface area contributed by atoms with Crippen molar-refractivity contribution in [3.05, 3.63) is 0 Å². The number of carbonyl (C=O) groups is 1. The molecule has 4 atom stereocenters. The molecule has 3 rings (SSSR count). The highest BCUT2D eigenvalue weighted by Gasteiger charge is 2.55. The van der Waals surface area contributed by atoms with Crippen molar-refractivity contribution in [2.24, 2.45) is 29.1 Å². The van der Waals surface area contributed by atoms with E-state index in [9.17, 15) is 4.79 Å². The maximum atomic E-state index is 10.9. The van der Waals surface area contributed by atoms with Gasteiger partial charge in [0.1, 0.15) is 0 Å². The molecule has 3 aliphatic rings. The van der Waals surface area contributed by atoms with Crippen LogP contribution in [0.15, 0.2) is 0 Å². The van der Waals surface area contributed by atoms with Crippen molar-refractivity contribution in [1.29, 1.82) is 0 Å². The molecule has 15 heavy (non-hydrogen) atoms. The molecule has 0 aliphatic heterocycles. The molecular weight excluding hydrogens is 186 g/mol. The van der Waals surface area contributed by atoms with E-state index < -0.39 is 0 Å². The first-order valence-electron chi connectivity index (χ1n) is 6.17. The number of hydrogen-bond donors (Lipinski definition) is 1. The van der Waals surface area contributed by atoms with Gasteiger partial charge in [-0.25, -0.2) is 0 Å². The SMILES string of the molecule is CC(=O)NC[C@H]1C[C@H]2C[C@@H]([C@@H]1C)C2(C)C. The lowest BCUT2D eigenvalue weighted by Crippen LogP contribution is -2.56. The van der Waals surface area contributed by atoms with Crippen LogP contribution < -0.4 is 5.32 Å². The minimum atomic E-state index is 0.112. The largest absolute Gasteiger partial charge is 0.356 e. The molecule has 0 spiro atoms. The molecule has 0 unspecified atom stereocenters. The van der Waals surface area contributed by atoms with Gasteiger partial charge in [0, 0.05) is 13.5 Å². The summed E-state index contributed by atoms with van der Waals surface area (Å²) >= 11 is 0. The number of amides is 1. The first kappa shape index (κ1) is 11.0. The summed E-state index contributed by atoms with van der Waals surface area (Å²) in [5.74, 6) is 3.38. The Hall–Kier alpha value is -0.530. The van der Waals surface area contributed by atoms with Crippen LogP contribution in [0.2, 0.25) is 0 Å². The predicted octanol–water partition coefficient (Wildman–Crippen LogP) is 2.44. The quantitative estimate of drug-likeness (QED) is 0.743. The molecule has 3 fully saturated rings. The van der Waals surface area contributed by atoms with Gasteiger partial charge in [0.15, 0.2) is 0 Å². The Kier molecular flexibility index (Phi) is 2.56. The van der Waals surface area contributed by atoms with E-state index in [2.05, 4.69) is 26.1 Å². The van der Waals surface area contributed by atoms with Crippen LogP contribution in [0.25, 0.3) is 0 Å². The first-order valence-corrected chi connectivity index (χ1v) is 6.17.